The topological polar surface area (TPSA) is 45.2 Å². The van der Waals surface area contributed by atoms with Gasteiger partial charge in [0.2, 0.25) is 0 Å². The van der Waals surface area contributed by atoms with Crippen LogP contribution in [0.15, 0.2) is 42.7 Å². The predicted octanol–water partition coefficient (Wildman–Crippen LogP) is 2.88. The number of rotatable bonds is 4. The SMILES string of the molecule is CCc1cncc(Nc2ccc(CO)cc2)c1. The van der Waals surface area contributed by atoms with Crippen LogP contribution in [0.2, 0.25) is 0 Å². The Morgan fingerprint density at radius 3 is 2.47 bits per heavy atom. The van der Waals surface area contributed by atoms with Gasteiger partial charge in [-0.3, -0.25) is 4.98 Å². The Balaban J connectivity index is 2.13. The minimum Gasteiger partial charge on any atom is -0.392 e. The molecule has 1 aromatic heterocycles. The molecular formula is C14H16N2O. The molecule has 3 heteroatoms. The van der Waals surface area contributed by atoms with E-state index in [1.54, 1.807) is 6.20 Å². The van der Waals surface area contributed by atoms with Gasteiger partial charge in [-0.25, -0.2) is 0 Å². The van der Waals surface area contributed by atoms with Crippen molar-refractivity contribution in [2.75, 3.05) is 5.32 Å². The third-order valence-corrected chi connectivity index (χ3v) is 2.63. The number of hydrogen-bond acceptors (Lipinski definition) is 3. The first-order valence-electron chi connectivity index (χ1n) is 5.72. The van der Waals surface area contributed by atoms with Crippen LogP contribution in [-0.4, -0.2) is 10.1 Å². The van der Waals surface area contributed by atoms with Crippen LogP contribution in [0.4, 0.5) is 11.4 Å². The van der Waals surface area contributed by atoms with Gasteiger partial charge in [-0.05, 0) is 35.7 Å². The van der Waals surface area contributed by atoms with E-state index < -0.39 is 0 Å². The number of pyridine rings is 1. The Bertz CT molecular complexity index is 480. The van der Waals surface area contributed by atoms with E-state index in [0.717, 1.165) is 23.4 Å². The predicted molar refractivity (Wildman–Crippen MR) is 69.3 cm³/mol. The molecule has 0 bridgehead atoms. The molecule has 0 amide bonds. The van der Waals surface area contributed by atoms with Gasteiger partial charge in [-0.15, -0.1) is 0 Å². The molecule has 0 saturated heterocycles. The van der Waals surface area contributed by atoms with Gasteiger partial charge >= 0.3 is 0 Å². The molecule has 17 heavy (non-hydrogen) atoms. The number of hydrogen-bond donors (Lipinski definition) is 2. The van der Waals surface area contributed by atoms with E-state index in [-0.39, 0.29) is 6.61 Å². The number of benzene rings is 1. The van der Waals surface area contributed by atoms with Crippen LogP contribution in [0.25, 0.3) is 0 Å². The molecule has 0 aliphatic heterocycles. The zero-order valence-electron chi connectivity index (χ0n) is 9.85. The summed E-state index contributed by atoms with van der Waals surface area (Å²) in [6, 6.07) is 9.79. The van der Waals surface area contributed by atoms with E-state index >= 15 is 0 Å². The average molecular weight is 228 g/mol. The molecule has 0 aliphatic rings. The summed E-state index contributed by atoms with van der Waals surface area (Å²) in [5, 5.41) is 12.2. The van der Waals surface area contributed by atoms with E-state index in [0.29, 0.717) is 0 Å². The second-order valence-electron chi connectivity index (χ2n) is 3.92. The van der Waals surface area contributed by atoms with Crippen molar-refractivity contribution in [1.29, 1.82) is 0 Å². The molecule has 0 unspecified atom stereocenters. The number of anilines is 2. The Labute approximate surface area is 101 Å². The third-order valence-electron chi connectivity index (χ3n) is 2.63. The maximum absolute atomic E-state index is 8.96. The van der Waals surface area contributed by atoms with Crippen LogP contribution in [0.1, 0.15) is 18.1 Å². The largest absolute Gasteiger partial charge is 0.392 e. The van der Waals surface area contributed by atoms with Crippen LogP contribution in [0, 0.1) is 0 Å². The number of aliphatic hydroxyl groups is 1. The lowest BCUT2D eigenvalue weighted by Gasteiger charge is -2.07. The van der Waals surface area contributed by atoms with E-state index in [1.807, 2.05) is 30.5 Å². The smallest absolute Gasteiger partial charge is 0.0681 e. The van der Waals surface area contributed by atoms with Gasteiger partial charge in [0.15, 0.2) is 0 Å². The number of aromatic nitrogens is 1. The lowest BCUT2D eigenvalue weighted by molar-refractivity contribution is 0.282. The summed E-state index contributed by atoms with van der Waals surface area (Å²) in [7, 11) is 0. The minimum absolute atomic E-state index is 0.0765. The monoisotopic (exact) mass is 228 g/mol. The molecule has 1 aromatic carbocycles. The second-order valence-corrected chi connectivity index (χ2v) is 3.92. The molecule has 0 saturated carbocycles. The van der Waals surface area contributed by atoms with Crippen LogP contribution in [0.3, 0.4) is 0 Å². The number of nitrogens with zero attached hydrogens (tertiary/aromatic N) is 1. The van der Waals surface area contributed by atoms with Gasteiger partial charge in [0.1, 0.15) is 0 Å². The van der Waals surface area contributed by atoms with E-state index in [2.05, 4.69) is 23.3 Å². The van der Waals surface area contributed by atoms with Crippen LogP contribution < -0.4 is 5.32 Å². The first kappa shape index (κ1) is 11.6. The van der Waals surface area contributed by atoms with E-state index in [9.17, 15) is 0 Å². The normalized spacial score (nSPS) is 10.2. The van der Waals surface area contributed by atoms with Crippen LogP contribution in [0.5, 0.6) is 0 Å². The maximum atomic E-state index is 8.96. The molecule has 0 atom stereocenters. The molecular weight excluding hydrogens is 212 g/mol. The molecule has 2 aromatic rings. The van der Waals surface area contributed by atoms with Crippen molar-refractivity contribution in [1.82, 2.24) is 4.98 Å². The quantitative estimate of drug-likeness (QED) is 0.845. The Kier molecular flexibility index (Phi) is 3.73. The van der Waals surface area contributed by atoms with Crippen molar-refractivity contribution in [3.05, 3.63) is 53.9 Å². The summed E-state index contributed by atoms with van der Waals surface area (Å²) < 4.78 is 0. The van der Waals surface area contributed by atoms with Crippen molar-refractivity contribution < 1.29 is 5.11 Å². The molecule has 3 nitrogen and oxygen atoms in total. The van der Waals surface area contributed by atoms with Crippen molar-refractivity contribution in [3.8, 4) is 0 Å². The molecule has 0 aliphatic carbocycles. The van der Waals surface area contributed by atoms with Gasteiger partial charge in [0.25, 0.3) is 0 Å². The Morgan fingerprint density at radius 1 is 1.06 bits per heavy atom. The number of nitrogens with one attached hydrogen (secondary N) is 1. The van der Waals surface area contributed by atoms with Crippen molar-refractivity contribution in [2.45, 2.75) is 20.0 Å². The minimum atomic E-state index is 0.0765. The first-order valence-corrected chi connectivity index (χ1v) is 5.72. The van der Waals surface area contributed by atoms with E-state index in [1.165, 1.54) is 5.56 Å². The van der Waals surface area contributed by atoms with Gasteiger partial charge in [-0.2, -0.15) is 0 Å². The molecule has 0 radical (unpaired) electrons. The number of aryl methyl sites for hydroxylation is 1. The highest BCUT2D eigenvalue weighted by molar-refractivity contribution is 5.59. The summed E-state index contributed by atoms with van der Waals surface area (Å²) >= 11 is 0. The summed E-state index contributed by atoms with van der Waals surface area (Å²) in [5.74, 6) is 0. The van der Waals surface area contributed by atoms with Gasteiger partial charge in [-0.1, -0.05) is 19.1 Å². The fourth-order valence-corrected chi connectivity index (χ4v) is 1.61. The molecule has 0 spiro atoms. The summed E-state index contributed by atoms with van der Waals surface area (Å²) in [5.41, 5.74) is 4.11. The third kappa shape index (κ3) is 3.04. The van der Waals surface area contributed by atoms with Crippen LogP contribution in [-0.2, 0) is 13.0 Å². The average Bonchev–Trinajstić information content (AvgIpc) is 2.40. The Morgan fingerprint density at radius 2 is 1.82 bits per heavy atom. The zero-order chi connectivity index (χ0) is 12.1. The molecule has 1 heterocycles. The van der Waals surface area contributed by atoms with Crippen molar-refractivity contribution in [2.24, 2.45) is 0 Å². The first-order chi connectivity index (χ1) is 8.31. The van der Waals surface area contributed by atoms with Gasteiger partial charge in [0.05, 0.1) is 18.5 Å². The summed E-state index contributed by atoms with van der Waals surface area (Å²) in [4.78, 5) is 4.18. The standard InChI is InChI=1S/C14H16N2O/c1-2-11-7-14(9-15-8-11)16-13-5-3-12(10-17)4-6-13/h3-9,16-17H,2,10H2,1H3. The maximum Gasteiger partial charge on any atom is 0.0681 e. The lowest BCUT2D eigenvalue weighted by atomic mass is 10.2. The van der Waals surface area contributed by atoms with Crippen molar-refractivity contribution in [3.63, 3.8) is 0 Å². The second kappa shape index (κ2) is 5.46. The summed E-state index contributed by atoms with van der Waals surface area (Å²) in [6.07, 6.45) is 4.66. The van der Waals surface area contributed by atoms with Gasteiger partial charge in [0, 0.05) is 11.9 Å². The molecule has 0 fully saturated rings. The fourth-order valence-electron chi connectivity index (χ4n) is 1.61. The lowest BCUT2D eigenvalue weighted by Crippen LogP contribution is -1.93. The van der Waals surface area contributed by atoms with E-state index in [4.69, 9.17) is 5.11 Å². The molecule has 88 valence electrons. The highest BCUT2D eigenvalue weighted by Crippen LogP contribution is 2.17. The molecule has 2 rings (SSSR count). The Hall–Kier alpha value is -1.87. The van der Waals surface area contributed by atoms with Gasteiger partial charge < -0.3 is 10.4 Å². The fraction of sp³-hybridized carbons (Fsp3) is 0.214. The highest BCUT2D eigenvalue weighted by Gasteiger charge is 1.97. The van der Waals surface area contributed by atoms with Crippen LogP contribution >= 0.6 is 0 Å². The molecule has 2 N–H and O–H groups in total. The van der Waals surface area contributed by atoms with Crippen molar-refractivity contribution >= 4 is 11.4 Å². The highest BCUT2D eigenvalue weighted by atomic mass is 16.3. The zero-order valence-corrected chi connectivity index (χ0v) is 9.85. The summed E-state index contributed by atoms with van der Waals surface area (Å²) in [6.45, 7) is 2.18. The number of aliphatic hydroxyl groups excluding tert-OH is 1.